The number of hydrogen-bond acceptors (Lipinski definition) is 3. The molecule has 1 N–H and O–H groups in total. The first-order chi connectivity index (χ1) is 9.50. The van der Waals surface area contributed by atoms with Crippen LogP contribution in [-0.4, -0.2) is 15.5 Å². The van der Waals surface area contributed by atoms with Crippen LogP contribution in [-0.2, 0) is 15.8 Å². The van der Waals surface area contributed by atoms with E-state index in [0.29, 0.717) is 11.4 Å². The topological polar surface area (TPSA) is 55.4 Å². The molecular weight excluding hydrogens is 274 g/mol. The third kappa shape index (κ3) is 3.74. The summed E-state index contributed by atoms with van der Waals surface area (Å²) in [5, 5.41) is 0. The Kier molecular flexibility index (Phi) is 4.29. The van der Waals surface area contributed by atoms with Gasteiger partial charge >= 0.3 is 0 Å². The minimum atomic E-state index is -3.44. The summed E-state index contributed by atoms with van der Waals surface area (Å²) >= 11 is 0. The number of nitrogens with one attached hydrogen (secondary N) is 1. The second kappa shape index (κ2) is 5.96. The smallest absolute Gasteiger partial charge is 0.236 e. The van der Waals surface area contributed by atoms with Crippen molar-refractivity contribution in [1.82, 2.24) is 0 Å². The Morgan fingerprint density at radius 3 is 2.55 bits per heavy atom. The van der Waals surface area contributed by atoms with Crippen LogP contribution in [0, 0.1) is 6.92 Å². The van der Waals surface area contributed by atoms with Gasteiger partial charge in [-0.05, 0) is 30.2 Å². The molecule has 106 valence electrons. The molecule has 0 fully saturated rings. The van der Waals surface area contributed by atoms with E-state index in [0.717, 1.165) is 11.1 Å². The monoisotopic (exact) mass is 291 g/mol. The molecule has 4 nitrogen and oxygen atoms in total. The highest BCUT2D eigenvalue weighted by Crippen LogP contribution is 2.19. The molecule has 2 aromatic carbocycles. The molecule has 0 saturated heterocycles. The van der Waals surface area contributed by atoms with Gasteiger partial charge in [-0.1, -0.05) is 30.3 Å². The molecule has 0 unspecified atom stereocenters. The van der Waals surface area contributed by atoms with Crippen LogP contribution < -0.4 is 9.46 Å². The highest BCUT2D eigenvalue weighted by molar-refractivity contribution is 7.91. The van der Waals surface area contributed by atoms with Gasteiger partial charge in [0, 0.05) is 6.07 Å². The summed E-state index contributed by atoms with van der Waals surface area (Å²) in [5.41, 5.74) is 2.25. The van der Waals surface area contributed by atoms with Crippen molar-refractivity contribution < 1.29 is 13.2 Å². The molecule has 0 aliphatic rings. The predicted octanol–water partition coefficient (Wildman–Crippen LogP) is 2.95. The number of aryl methyl sites for hydroxylation is 1. The lowest BCUT2D eigenvalue weighted by Gasteiger charge is -2.10. The zero-order valence-corrected chi connectivity index (χ0v) is 12.3. The fourth-order valence-corrected chi connectivity index (χ4v) is 3.17. The molecule has 0 atom stereocenters. The van der Waals surface area contributed by atoms with E-state index < -0.39 is 10.0 Å². The lowest BCUT2D eigenvalue weighted by molar-refractivity contribution is 0.415. The predicted molar refractivity (Wildman–Crippen MR) is 80.4 cm³/mol. The van der Waals surface area contributed by atoms with Crippen molar-refractivity contribution in [2.45, 2.75) is 12.7 Å². The molecule has 0 heterocycles. The summed E-state index contributed by atoms with van der Waals surface area (Å²) in [5.74, 6) is 0.567. The van der Waals surface area contributed by atoms with Gasteiger partial charge in [-0.2, -0.15) is 0 Å². The van der Waals surface area contributed by atoms with Crippen LogP contribution in [0.1, 0.15) is 11.1 Å². The van der Waals surface area contributed by atoms with Gasteiger partial charge in [-0.15, -0.1) is 0 Å². The summed E-state index contributed by atoms with van der Waals surface area (Å²) in [6, 6.07) is 14.3. The number of rotatable bonds is 5. The Bertz CT molecular complexity index is 696. The number of benzene rings is 2. The average molecular weight is 291 g/mol. The van der Waals surface area contributed by atoms with E-state index in [2.05, 4.69) is 4.72 Å². The van der Waals surface area contributed by atoms with E-state index in [1.807, 2.05) is 31.2 Å². The van der Waals surface area contributed by atoms with Crippen molar-refractivity contribution in [3.05, 3.63) is 59.7 Å². The van der Waals surface area contributed by atoms with E-state index in [4.69, 9.17) is 4.74 Å². The quantitative estimate of drug-likeness (QED) is 0.921. The fourth-order valence-electron chi connectivity index (χ4n) is 1.88. The minimum absolute atomic E-state index is 0.0448. The lowest BCUT2D eigenvalue weighted by atomic mass is 10.1. The van der Waals surface area contributed by atoms with E-state index >= 15 is 0 Å². The van der Waals surface area contributed by atoms with Crippen LogP contribution in [0.15, 0.2) is 48.5 Å². The Balaban J connectivity index is 2.17. The standard InChI is InChI=1S/C15H17NO3S/c1-12-6-3-4-7-13(12)11-20(17,18)16-14-8-5-9-15(10-14)19-2/h3-10,16H,11H2,1-2H3. The number of methoxy groups -OCH3 is 1. The largest absolute Gasteiger partial charge is 0.497 e. The molecule has 0 amide bonds. The van der Waals surface area contributed by atoms with E-state index in [1.165, 1.54) is 0 Å². The first-order valence-electron chi connectivity index (χ1n) is 6.19. The van der Waals surface area contributed by atoms with Gasteiger partial charge in [0.2, 0.25) is 10.0 Å². The molecule has 0 aliphatic heterocycles. The average Bonchev–Trinajstić information content (AvgIpc) is 2.41. The van der Waals surface area contributed by atoms with Gasteiger partial charge in [0.15, 0.2) is 0 Å². The molecular formula is C15H17NO3S. The molecule has 20 heavy (non-hydrogen) atoms. The van der Waals surface area contributed by atoms with Gasteiger partial charge in [0.05, 0.1) is 18.6 Å². The Morgan fingerprint density at radius 1 is 1.10 bits per heavy atom. The second-order valence-corrected chi connectivity index (χ2v) is 6.24. The molecule has 0 spiro atoms. The van der Waals surface area contributed by atoms with E-state index in [-0.39, 0.29) is 5.75 Å². The SMILES string of the molecule is COc1cccc(NS(=O)(=O)Cc2ccccc2C)c1. The fraction of sp³-hybridized carbons (Fsp3) is 0.200. The molecule has 0 aliphatic carbocycles. The minimum Gasteiger partial charge on any atom is -0.497 e. The number of hydrogen-bond donors (Lipinski definition) is 1. The summed E-state index contributed by atoms with van der Waals surface area (Å²) in [6.45, 7) is 1.90. The molecule has 5 heteroatoms. The van der Waals surface area contributed by atoms with Crippen molar-refractivity contribution in [3.63, 3.8) is 0 Å². The van der Waals surface area contributed by atoms with Crippen molar-refractivity contribution in [2.24, 2.45) is 0 Å². The zero-order valence-electron chi connectivity index (χ0n) is 11.5. The third-order valence-electron chi connectivity index (χ3n) is 2.95. The molecule has 0 radical (unpaired) electrons. The third-order valence-corrected chi connectivity index (χ3v) is 4.19. The summed E-state index contributed by atoms with van der Waals surface area (Å²) in [7, 11) is -1.90. The van der Waals surface area contributed by atoms with Gasteiger partial charge in [-0.25, -0.2) is 8.42 Å². The maximum absolute atomic E-state index is 12.2. The van der Waals surface area contributed by atoms with Crippen molar-refractivity contribution in [3.8, 4) is 5.75 Å². The Morgan fingerprint density at radius 2 is 1.85 bits per heavy atom. The Labute approximate surface area is 119 Å². The van der Waals surface area contributed by atoms with Crippen molar-refractivity contribution in [2.75, 3.05) is 11.8 Å². The molecule has 0 bridgehead atoms. The number of anilines is 1. The first kappa shape index (κ1) is 14.4. The van der Waals surface area contributed by atoms with Crippen LogP contribution in [0.4, 0.5) is 5.69 Å². The molecule has 0 aromatic heterocycles. The zero-order chi connectivity index (χ0) is 14.6. The highest BCUT2D eigenvalue weighted by Gasteiger charge is 2.13. The summed E-state index contributed by atoms with van der Waals surface area (Å²) in [4.78, 5) is 0. The second-order valence-electron chi connectivity index (χ2n) is 4.52. The molecule has 0 saturated carbocycles. The van der Waals surface area contributed by atoms with Crippen molar-refractivity contribution in [1.29, 1.82) is 0 Å². The maximum Gasteiger partial charge on any atom is 0.236 e. The van der Waals surface area contributed by atoms with Crippen LogP contribution in [0.5, 0.6) is 5.75 Å². The first-order valence-corrected chi connectivity index (χ1v) is 7.84. The summed E-state index contributed by atoms with van der Waals surface area (Å²) < 4.78 is 32.0. The van der Waals surface area contributed by atoms with Crippen LogP contribution in [0.3, 0.4) is 0 Å². The van der Waals surface area contributed by atoms with Crippen LogP contribution >= 0.6 is 0 Å². The summed E-state index contributed by atoms with van der Waals surface area (Å²) in [6.07, 6.45) is 0. The Hall–Kier alpha value is -2.01. The number of ether oxygens (including phenoxy) is 1. The molecule has 2 aromatic rings. The van der Waals surface area contributed by atoms with E-state index in [9.17, 15) is 8.42 Å². The van der Waals surface area contributed by atoms with Gasteiger partial charge < -0.3 is 4.74 Å². The van der Waals surface area contributed by atoms with Crippen molar-refractivity contribution >= 4 is 15.7 Å². The van der Waals surface area contributed by atoms with Gasteiger partial charge in [0.25, 0.3) is 0 Å². The number of sulfonamides is 1. The van der Waals surface area contributed by atoms with Gasteiger partial charge in [-0.3, -0.25) is 4.72 Å². The highest BCUT2D eigenvalue weighted by atomic mass is 32.2. The lowest BCUT2D eigenvalue weighted by Crippen LogP contribution is -2.15. The van der Waals surface area contributed by atoms with E-state index in [1.54, 1.807) is 31.4 Å². The van der Waals surface area contributed by atoms with Crippen LogP contribution in [0.2, 0.25) is 0 Å². The van der Waals surface area contributed by atoms with Crippen LogP contribution in [0.25, 0.3) is 0 Å². The normalized spacial score (nSPS) is 11.1. The van der Waals surface area contributed by atoms with Gasteiger partial charge in [0.1, 0.15) is 5.75 Å². The maximum atomic E-state index is 12.2. The molecule has 2 rings (SSSR count).